The van der Waals surface area contributed by atoms with E-state index in [0.29, 0.717) is 18.4 Å². The van der Waals surface area contributed by atoms with Crippen LogP contribution in [0.25, 0.3) is 0 Å². The van der Waals surface area contributed by atoms with Crippen molar-refractivity contribution in [1.29, 1.82) is 0 Å². The number of nitrogens with zero attached hydrogens (tertiary/aromatic N) is 1. The van der Waals surface area contributed by atoms with Gasteiger partial charge in [0.25, 0.3) is 5.91 Å². The van der Waals surface area contributed by atoms with Gasteiger partial charge in [-0.2, -0.15) is 0 Å². The summed E-state index contributed by atoms with van der Waals surface area (Å²) in [6, 6.07) is 0. The van der Waals surface area contributed by atoms with Gasteiger partial charge in [0.1, 0.15) is 0 Å². The van der Waals surface area contributed by atoms with E-state index in [4.69, 9.17) is 10.2 Å². The second-order valence-corrected chi connectivity index (χ2v) is 3.43. The second kappa shape index (κ2) is 4.76. The van der Waals surface area contributed by atoms with Gasteiger partial charge in [0.15, 0.2) is 0 Å². The fourth-order valence-electron chi connectivity index (χ4n) is 0.894. The van der Waals surface area contributed by atoms with Crippen molar-refractivity contribution in [2.24, 2.45) is 11.7 Å². The summed E-state index contributed by atoms with van der Waals surface area (Å²) >= 11 is 0. The van der Waals surface area contributed by atoms with E-state index < -0.39 is 0 Å². The Hall–Kier alpha value is -1.36. The van der Waals surface area contributed by atoms with Crippen molar-refractivity contribution in [3.8, 4) is 0 Å². The van der Waals surface area contributed by atoms with Crippen LogP contribution in [-0.4, -0.2) is 17.4 Å². The Morgan fingerprint density at radius 2 is 2.43 bits per heavy atom. The van der Waals surface area contributed by atoms with Gasteiger partial charge in [0, 0.05) is 6.54 Å². The molecule has 0 saturated carbocycles. The zero-order chi connectivity index (χ0) is 10.6. The summed E-state index contributed by atoms with van der Waals surface area (Å²) in [6.07, 6.45) is 1.39. The predicted octanol–water partition coefficient (Wildman–Crippen LogP) is 0.519. The SMILES string of the molecule is CC(C)CNC(=O)c1cnc(CN)o1. The van der Waals surface area contributed by atoms with Crippen molar-refractivity contribution in [1.82, 2.24) is 10.3 Å². The summed E-state index contributed by atoms with van der Waals surface area (Å²) in [5.74, 6) is 0.757. The van der Waals surface area contributed by atoms with Gasteiger partial charge in [-0.05, 0) is 5.92 Å². The third-order valence-corrected chi connectivity index (χ3v) is 1.62. The van der Waals surface area contributed by atoms with E-state index in [0.717, 1.165) is 0 Å². The lowest BCUT2D eigenvalue weighted by molar-refractivity contribution is 0.0919. The molecule has 0 aliphatic rings. The van der Waals surface area contributed by atoms with E-state index in [2.05, 4.69) is 10.3 Å². The van der Waals surface area contributed by atoms with Crippen LogP contribution >= 0.6 is 0 Å². The van der Waals surface area contributed by atoms with Crippen LogP contribution in [0.5, 0.6) is 0 Å². The van der Waals surface area contributed by atoms with E-state index in [1.165, 1.54) is 6.20 Å². The van der Waals surface area contributed by atoms with Gasteiger partial charge in [-0.25, -0.2) is 4.98 Å². The predicted molar refractivity (Wildman–Crippen MR) is 51.6 cm³/mol. The van der Waals surface area contributed by atoms with Gasteiger partial charge in [-0.15, -0.1) is 0 Å². The molecule has 0 fully saturated rings. The highest BCUT2D eigenvalue weighted by Crippen LogP contribution is 2.02. The van der Waals surface area contributed by atoms with Crippen LogP contribution in [0.1, 0.15) is 30.3 Å². The molecule has 1 aromatic rings. The highest BCUT2D eigenvalue weighted by molar-refractivity contribution is 5.91. The van der Waals surface area contributed by atoms with E-state index in [1.807, 2.05) is 13.8 Å². The zero-order valence-electron chi connectivity index (χ0n) is 8.41. The van der Waals surface area contributed by atoms with E-state index >= 15 is 0 Å². The summed E-state index contributed by atoms with van der Waals surface area (Å²) < 4.78 is 5.08. The molecular weight excluding hydrogens is 182 g/mol. The molecule has 0 saturated heterocycles. The monoisotopic (exact) mass is 197 g/mol. The van der Waals surface area contributed by atoms with Gasteiger partial charge in [-0.3, -0.25) is 4.79 Å². The molecule has 0 atom stereocenters. The molecule has 1 amide bonds. The van der Waals surface area contributed by atoms with Crippen LogP contribution in [-0.2, 0) is 6.54 Å². The lowest BCUT2D eigenvalue weighted by atomic mass is 10.2. The van der Waals surface area contributed by atoms with Crippen molar-refractivity contribution in [2.75, 3.05) is 6.54 Å². The lowest BCUT2D eigenvalue weighted by Crippen LogP contribution is -2.26. The molecule has 0 unspecified atom stereocenters. The Morgan fingerprint density at radius 1 is 1.71 bits per heavy atom. The van der Waals surface area contributed by atoms with Crippen LogP contribution in [0.3, 0.4) is 0 Å². The Kier molecular flexibility index (Phi) is 3.64. The number of aromatic nitrogens is 1. The molecule has 1 heterocycles. The van der Waals surface area contributed by atoms with Crippen LogP contribution in [0.15, 0.2) is 10.6 Å². The fraction of sp³-hybridized carbons (Fsp3) is 0.556. The third-order valence-electron chi connectivity index (χ3n) is 1.62. The van der Waals surface area contributed by atoms with Crippen molar-refractivity contribution < 1.29 is 9.21 Å². The largest absolute Gasteiger partial charge is 0.434 e. The molecule has 1 aromatic heterocycles. The van der Waals surface area contributed by atoms with Crippen LogP contribution in [0.2, 0.25) is 0 Å². The number of amides is 1. The Labute approximate surface area is 82.7 Å². The Balaban J connectivity index is 2.52. The summed E-state index contributed by atoms with van der Waals surface area (Å²) in [6.45, 7) is 4.87. The van der Waals surface area contributed by atoms with Gasteiger partial charge < -0.3 is 15.5 Å². The maximum absolute atomic E-state index is 11.4. The molecule has 0 spiro atoms. The lowest BCUT2D eigenvalue weighted by Gasteiger charge is -2.04. The standard InChI is InChI=1S/C9H15N3O2/c1-6(2)4-12-9(13)7-5-11-8(3-10)14-7/h5-6H,3-4,10H2,1-2H3,(H,12,13). The maximum Gasteiger partial charge on any atom is 0.288 e. The quantitative estimate of drug-likeness (QED) is 0.737. The molecule has 78 valence electrons. The number of carbonyl (C=O) groups excluding carboxylic acids is 1. The minimum atomic E-state index is -0.245. The van der Waals surface area contributed by atoms with Gasteiger partial charge in [-0.1, -0.05) is 13.8 Å². The van der Waals surface area contributed by atoms with Crippen molar-refractivity contribution in [3.05, 3.63) is 17.8 Å². The second-order valence-electron chi connectivity index (χ2n) is 3.43. The molecule has 0 bridgehead atoms. The topological polar surface area (TPSA) is 81.2 Å². The molecule has 0 aliphatic heterocycles. The first-order chi connectivity index (χ1) is 6.63. The molecule has 5 heteroatoms. The molecule has 0 aliphatic carbocycles. The fourth-order valence-corrected chi connectivity index (χ4v) is 0.894. The Morgan fingerprint density at radius 3 is 2.93 bits per heavy atom. The minimum Gasteiger partial charge on any atom is -0.434 e. The number of oxazole rings is 1. The smallest absolute Gasteiger partial charge is 0.288 e. The van der Waals surface area contributed by atoms with E-state index in [-0.39, 0.29) is 18.2 Å². The third kappa shape index (κ3) is 2.85. The molecule has 3 N–H and O–H groups in total. The highest BCUT2D eigenvalue weighted by atomic mass is 16.4. The number of nitrogens with two attached hydrogens (primary N) is 1. The molecule has 0 radical (unpaired) electrons. The number of hydrogen-bond donors (Lipinski definition) is 2. The summed E-state index contributed by atoms with van der Waals surface area (Å²) in [5.41, 5.74) is 5.30. The first kappa shape index (κ1) is 10.7. The summed E-state index contributed by atoms with van der Waals surface area (Å²) in [7, 11) is 0. The van der Waals surface area contributed by atoms with E-state index in [1.54, 1.807) is 0 Å². The number of carbonyl (C=O) groups is 1. The number of rotatable bonds is 4. The van der Waals surface area contributed by atoms with Gasteiger partial charge >= 0.3 is 0 Å². The van der Waals surface area contributed by atoms with Crippen molar-refractivity contribution in [3.63, 3.8) is 0 Å². The molecular formula is C9H15N3O2. The summed E-state index contributed by atoms with van der Waals surface area (Å²) in [4.78, 5) is 15.2. The van der Waals surface area contributed by atoms with Crippen LogP contribution in [0.4, 0.5) is 0 Å². The number of hydrogen-bond acceptors (Lipinski definition) is 4. The molecule has 14 heavy (non-hydrogen) atoms. The number of nitrogens with one attached hydrogen (secondary N) is 1. The highest BCUT2D eigenvalue weighted by Gasteiger charge is 2.11. The minimum absolute atomic E-state index is 0.206. The Bertz CT molecular complexity index is 307. The average molecular weight is 197 g/mol. The summed E-state index contributed by atoms with van der Waals surface area (Å²) in [5, 5.41) is 2.72. The normalized spacial score (nSPS) is 10.6. The van der Waals surface area contributed by atoms with Gasteiger partial charge in [0.2, 0.25) is 11.7 Å². The van der Waals surface area contributed by atoms with Crippen LogP contribution < -0.4 is 11.1 Å². The zero-order valence-corrected chi connectivity index (χ0v) is 8.41. The molecule has 1 rings (SSSR count). The van der Waals surface area contributed by atoms with Crippen molar-refractivity contribution in [2.45, 2.75) is 20.4 Å². The maximum atomic E-state index is 11.4. The average Bonchev–Trinajstić information content (AvgIpc) is 2.62. The molecule has 5 nitrogen and oxygen atoms in total. The first-order valence-electron chi connectivity index (χ1n) is 4.56. The molecule has 0 aromatic carbocycles. The first-order valence-corrected chi connectivity index (χ1v) is 4.56. The van der Waals surface area contributed by atoms with E-state index in [9.17, 15) is 4.79 Å². The van der Waals surface area contributed by atoms with Crippen molar-refractivity contribution >= 4 is 5.91 Å². The van der Waals surface area contributed by atoms with Crippen LogP contribution in [0, 0.1) is 5.92 Å². The van der Waals surface area contributed by atoms with Gasteiger partial charge in [0.05, 0.1) is 12.7 Å².